The van der Waals surface area contributed by atoms with Crippen LogP contribution in [-0.4, -0.2) is 72.9 Å². The van der Waals surface area contributed by atoms with Gasteiger partial charge in [-0.2, -0.15) is 0 Å². The van der Waals surface area contributed by atoms with Crippen molar-refractivity contribution in [1.29, 1.82) is 0 Å². The average Bonchev–Trinajstić information content (AvgIpc) is 2.93. The van der Waals surface area contributed by atoms with E-state index in [1.165, 1.54) is 103 Å². The van der Waals surface area contributed by atoms with E-state index in [0.29, 0.717) is 6.61 Å². The Morgan fingerprint density at radius 3 is 1.57 bits per heavy atom. The normalized spacial score (nSPS) is 15.5. The fraction of sp³-hybridized carbons (Fsp3) is 0.966. The Morgan fingerprint density at radius 1 is 0.725 bits per heavy atom. The molecule has 10 nitrogen and oxygen atoms in total. The van der Waals surface area contributed by atoms with Gasteiger partial charge in [-0.3, -0.25) is 13.8 Å². The van der Waals surface area contributed by atoms with Crippen LogP contribution < -0.4 is 5.73 Å². The van der Waals surface area contributed by atoms with E-state index in [9.17, 15) is 19.4 Å². The predicted octanol–water partition coefficient (Wildman–Crippen LogP) is 6.36. The zero-order valence-electron chi connectivity index (χ0n) is 25.3. The first-order valence-corrected chi connectivity index (χ1v) is 17.1. The Bertz CT molecular complexity index is 626. The SMILES string of the molecule is CCCCCCCCCCCCCCCCCCCCC(COCC(O)COP(=O)(O)OCC(N)C(=O)O)OC. The van der Waals surface area contributed by atoms with E-state index in [2.05, 4.69) is 16.0 Å². The predicted molar refractivity (Wildman–Crippen MR) is 158 cm³/mol. The number of carboxylic acid groups (broad SMARTS) is 1. The van der Waals surface area contributed by atoms with E-state index < -0.39 is 39.2 Å². The number of aliphatic hydroxyl groups excluding tert-OH is 1. The number of phosphoric acid groups is 1. The number of aliphatic carboxylic acids is 1. The van der Waals surface area contributed by atoms with Crippen molar-refractivity contribution in [2.75, 3.05) is 33.5 Å². The summed E-state index contributed by atoms with van der Waals surface area (Å²) in [4.78, 5) is 20.1. The smallest absolute Gasteiger partial charge is 0.472 e. The minimum absolute atomic E-state index is 0.0843. The number of carbonyl (C=O) groups is 1. The third-order valence-electron chi connectivity index (χ3n) is 6.99. The van der Waals surface area contributed by atoms with E-state index in [-0.39, 0.29) is 12.7 Å². The summed E-state index contributed by atoms with van der Waals surface area (Å²) in [6.45, 7) is 1.27. The molecule has 0 aliphatic carbocycles. The summed E-state index contributed by atoms with van der Waals surface area (Å²) in [6, 6.07) is -1.45. The molecule has 5 N–H and O–H groups in total. The van der Waals surface area contributed by atoms with Gasteiger partial charge in [-0.25, -0.2) is 4.57 Å². The first-order valence-electron chi connectivity index (χ1n) is 15.6. The summed E-state index contributed by atoms with van der Waals surface area (Å²) in [6.07, 6.45) is 23.7. The second-order valence-corrected chi connectivity index (χ2v) is 12.3. The molecule has 0 aliphatic heterocycles. The molecule has 0 aromatic carbocycles. The highest BCUT2D eigenvalue weighted by atomic mass is 31.2. The number of phosphoric ester groups is 1. The van der Waals surface area contributed by atoms with Gasteiger partial charge in [0.15, 0.2) is 0 Å². The molecule has 0 aliphatic rings. The third kappa shape index (κ3) is 26.3. The van der Waals surface area contributed by atoms with Gasteiger partial charge in [0.2, 0.25) is 0 Å². The summed E-state index contributed by atoms with van der Waals surface area (Å²) in [5, 5.41) is 18.6. The van der Waals surface area contributed by atoms with Crippen molar-refractivity contribution in [3.63, 3.8) is 0 Å². The quantitative estimate of drug-likeness (QED) is 0.0524. The molecule has 0 heterocycles. The summed E-state index contributed by atoms with van der Waals surface area (Å²) in [5.41, 5.74) is 5.20. The maximum atomic E-state index is 11.7. The molecule has 4 unspecified atom stereocenters. The van der Waals surface area contributed by atoms with Crippen molar-refractivity contribution < 1.29 is 43.0 Å². The van der Waals surface area contributed by atoms with E-state index in [1.54, 1.807) is 7.11 Å². The molecule has 0 amide bonds. The molecule has 0 saturated carbocycles. The van der Waals surface area contributed by atoms with E-state index in [1.807, 2.05) is 0 Å². The van der Waals surface area contributed by atoms with Crippen molar-refractivity contribution in [2.45, 2.75) is 147 Å². The third-order valence-corrected chi connectivity index (χ3v) is 7.94. The highest BCUT2D eigenvalue weighted by Gasteiger charge is 2.25. The highest BCUT2D eigenvalue weighted by Crippen LogP contribution is 2.43. The van der Waals surface area contributed by atoms with Crippen molar-refractivity contribution in [2.24, 2.45) is 5.73 Å². The van der Waals surface area contributed by atoms with Crippen molar-refractivity contribution in [3.8, 4) is 0 Å². The van der Waals surface area contributed by atoms with Crippen molar-refractivity contribution in [3.05, 3.63) is 0 Å². The van der Waals surface area contributed by atoms with E-state index in [4.69, 9.17) is 20.3 Å². The van der Waals surface area contributed by atoms with Gasteiger partial charge in [0.25, 0.3) is 0 Å². The average molecular weight is 598 g/mol. The molecule has 11 heteroatoms. The number of carboxylic acids is 1. The second-order valence-electron chi connectivity index (χ2n) is 10.9. The van der Waals surface area contributed by atoms with E-state index in [0.717, 1.165) is 19.3 Å². The van der Waals surface area contributed by atoms with Crippen LogP contribution in [-0.2, 0) is 27.9 Å². The number of hydrogen-bond donors (Lipinski definition) is 4. The van der Waals surface area contributed by atoms with E-state index >= 15 is 0 Å². The Morgan fingerprint density at radius 2 is 1.15 bits per heavy atom. The Labute approximate surface area is 243 Å². The number of hydrogen-bond acceptors (Lipinski definition) is 8. The highest BCUT2D eigenvalue weighted by molar-refractivity contribution is 7.47. The number of rotatable bonds is 31. The van der Waals surface area contributed by atoms with Crippen LogP contribution in [0.5, 0.6) is 0 Å². The fourth-order valence-electron chi connectivity index (χ4n) is 4.39. The Balaban J connectivity index is 3.58. The standard InChI is InChI=1S/C29H60NO9P/c1-3-4-5-6-7-8-9-10-11-12-13-14-15-16-17-18-19-20-21-27(36-2)24-37-22-26(31)23-38-40(34,35)39-25-28(30)29(32)33/h26-28,31H,3-25,30H2,1-2H3,(H,32,33)(H,34,35). The topological polar surface area (TPSA) is 158 Å². The zero-order chi connectivity index (χ0) is 29.9. The lowest BCUT2D eigenvalue weighted by atomic mass is 10.0. The van der Waals surface area contributed by atoms with Crippen molar-refractivity contribution in [1.82, 2.24) is 0 Å². The lowest BCUT2D eigenvalue weighted by Gasteiger charge is -2.18. The second kappa shape index (κ2) is 27.3. The maximum absolute atomic E-state index is 11.7. The van der Waals surface area contributed by atoms with Crippen LogP contribution >= 0.6 is 7.82 Å². The van der Waals surface area contributed by atoms with Gasteiger partial charge in [-0.1, -0.05) is 122 Å². The molecule has 240 valence electrons. The molecule has 0 bridgehead atoms. The van der Waals surface area contributed by atoms with Gasteiger partial charge >= 0.3 is 13.8 Å². The van der Waals surface area contributed by atoms with Gasteiger partial charge in [0, 0.05) is 7.11 Å². The molecule has 0 aromatic rings. The molecular formula is C29H60NO9P. The molecule has 0 radical (unpaired) electrons. The van der Waals surface area contributed by atoms with Crippen LogP contribution in [0.4, 0.5) is 0 Å². The number of unbranched alkanes of at least 4 members (excludes halogenated alkanes) is 17. The lowest BCUT2D eigenvalue weighted by Crippen LogP contribution is -2.34. The molecule has 40 heavy (non-hydrogen) atoms. The van der Waals surface area contributed by atoms with Gasteiger partial charge in [-0.15, -0.1) is 0 Å². The summed E-state index contributed by atoms with van der Waals surface area (Å²) < 4.78 is 31.8. The maximum Gasteiger partial charge on any atom is 0.472 e. The minimum atomic E-state index is -4.52. The Kier molecular flexibility index (Phi) is 26.9. The van der Waals surface area contributed by atoms with Gasteiger partial charge in [0.05, 0.1) is 32.5 Å². The lowest BCUT2D eigenvalue weighted by molar-refractivity contribution is -0.139. The Hall–Kier alpha value is -0.580. The van der Waals surface area contributed by atoms with Gasteiger partial charge in [0.1, 0.15) is 12.1 Å². The van der Waals surface area contributed by atoms with Gasteiger partial charge in [-0.05, 0) is 6.42 Å². The molecule has 0 saturated heterocycles. The van der Waals surface area contributed by atoms with Crippen LogP contribution in [0.3, 0.4) is 0 Å². The van der Waals surface area contributed by atoms with Crippen LogP contribution in [0, 0.1) is 0 Å². The number of ether oxygens (including phenoxy) is 2. The van der Waals surface area contributed by atoms with Crippen molar-refractivity contribution >= 4 is 13.8 Å². The molecule has 0 rings (SSSR count). The van der Waals surface area contributed by atoms with Gasteiger partial charge < -0.3 is 30.3 Å². The number of nitrogens with two attached hydrogens (primary N) is 1. The first-order chi connectivity index (χ1) is 19.2. The first kappa shape index (κ1) is 39.4. The molecule has 4 atom stereocenters. The number of aliphatic hydroxyl groups is 1. The monoisotopic (exact) mass is 597 g/mol. The van der Waals surface area contributed by atoms with Crippen LogP contribution in [0.2, 0.25) is 0 Å². The zero-order valence-corrected chi connectivity index (χ0v) is 26.2. The molecule has 0 spiro atoms. The van der Waals surface area contributed by atoms with Crippen LogP contribution in [0.15, 0.2) is 0 Å². The minimum Gasteiger partial charge on any atom is -0.480 e. The van der Waals surface area contributed by atoms with Crippen LogP contribution in [0.25, 0.3) is 0 Å². The summed E-state index contributed by atoms with van der Waals surface area (Å²) in [7, 11) is -2.90. The molecule has 0 fully saturated rings. The summed E-state index contributed by atoms with van der Waals surface area (Å²) in [5.74, 6) is -1.37. The number of methoxy groups -OCH3 is 1. The largest absolute Gasteiger partial charge is 0.480 e. The molecular weight excluding hydrogens is 537 g/mol. The molecule has 0 aromatic heterocycles. The van der Waals surface area contributed by atoms with Crippen LogP contribution in [0.1, 0.15) is 129 Å². The fourth-order valence-corrected chi connectivity index (χ4v) is 5.17. The summed E-state index contributed by atoms with van der Waals surface area (Å²) >= 11 is 0.